The van der Waals surface area contributed by atoms with Crippen molar-refractivity contribution in [3.63, 3.8) is 0 Å². The van der Waals surface area contributed by atoms with Gasteiger partial charge in [-0.05, 0) is 51.8 Å². The zero-order valence-electron chi connectivity index (χ0n) is 17.7. The van der Waals surface area contributed by atoms with Crippen molar-refractivity contribution in [1.29, 1.82) is 0 Å². The lowest BCUT2D eigenvalue weighted by Gasteiger charge is -2.11. The van der Waals surface area contributed by atoms with Crippen molar-refractivity contribution in [3.05, 3.63) is 53.5 Å². The number of aromatic nitrogens is 4. The normalized spacial score (nSPS) is 13.0. The van der Waals surface area contributed by atoms with Crippen LogP contribution in [-0.4, -0.2) is 38.2 Å². The lowest BCUT2D eigenvalue weighted by molar-refractivity contribution is -0.118. The van der Waals surface area contributed by atoms with E-state index in [1.165, 1.54) is 4.68 Å². The van der Waals surface area contributed by atoms with E-state index in [4.69, 9.17) is 4.74 Å². The Labute approximate surface area is 179 Å². The molecule has 2 aromatic heterocycles. The fourth-order valence-electron chi connectivity index (χ4n) is 3.12. The summed E-state index contributed by atoms with van der Waals surface area (Å²) in [4.78, 5) is 33.2. The van der Waals surface area contributed by atoms with E-state index >= 15 is 0 Å². The summed E-state index contributed by atoms with van der Waals surface area (Å²) in [7, 11) is 0. The Kier molecular flexibility index (Phi) is 5.66. The number of carbonyl (C=O) groups is 2. The number of hydrogen-bond acceptors (Lipinski definition) is 6. The molecule has 4 rings (SSSR count). The van der Waals surface area contributed by atoms with Crippen LogP contribution in [0.1, 0.15) is 29.9 Å². The first-order valence-corrected chi connectivity index (χ1v) is 10.1. The molecule has 3 aromatic rings. The summed E-state index contributed by atoms with van der Waals surface area (Å²) < 4.78 is 7.11. The third-order valence-corrected chi connectivity index (χ3v) is 4.68. The van der Waals surface area contributed by atoms with Gasteiger partial charge >= 0.3 is 0 Å². The van der Waals surface area contributed by atoms with Crippen molar-refractivity contribution in [2.75, 3.05) is 17.2 Å². The highest BCUT2D eigenvalue weighted by atomic mass is 16.5. The Balaban J connectivity index is 1.40. The molecule has 1 aliphatic carbocycles. The van der Waals surface area contributed by atoms with Crippen molar-refractivity contribution in [2.45, 2.75) is 33.6 Å². The van der Waals surface area contributed by atoms with Crippen molar-refractivity contribution in [3.8, 4) is 11.7 Å². The molecule has 0 unspecified atom stereocenters. The summed E-state index contributed by atoms with van der Waals surface area (Å²) in [5.74, 6) is 1.13. The molecule has 9 nitrogen and oxygen atoms in total. The molecule has 1 aliphatic rings. The van der Waals surface area contributed by atoms with Gasteiger partial charge in [0.2, 0.25) is 5.91 Å². The van der Waals surface area contributed by atoms with Gasteiger partial charge in [-0.15, -0.1) is 0 Å². The van der Waals surface area contributed by atoms with E-state index < -0.39 is 0 Å². The Morgan fingerprint density at radius 1 is 1.03 bits per heavy atom. The molecule has 0 radical (unpaired) electrons. The highest BCUT2D eigenvalue weighted by Gasteiger charge is 2.29. The summed E-state index contributed by atoms with van der Waals surface area (Å²) in [5, 5.41) is 10.0. The molecule has 31 heavy (non-hydrogen) atoms. The van der Waals surface area contributed by atoms with E-state index in [0.29, 0.717) is 23.2 Å². The average molecular weight is 420 g/mol. The van der Waals surface area contributed by atoms with Crippen LogP contribution in [0.4, 0.5) is 11.5 Å². The van der Waals surface area contributed by atoms with Gasteiger partial charge in [0.1, 0.15) is 11.6 Å². The number of hydrogen-bond donors (Lipinski definition) is 2. The van der Waals surface area contributed by atoms with Crippen LogP contribution in [0.15, 0.2) is 36.4 Å². The Morgan fingerprint density at radius 3 is 2.48 bits per heavy atom. The van der Waals surface area contributed by atoms with E-state index in [1.807, 2.05) is 26.8 Å². The molecule has 0 bridgehead atoms. The van der Waals surface area contributed by atoms with Gasteiger partial charge in [0.25, 0.3) is 11.9 Å². The maximum Gasteiger partial charge on any atom is 0.263 e. The molecule has 9 heteroatoms. The van der Waals surface area contributed by atoms with Crippen LogP contribution in [0, 0.1) is 26.7 Å². The number of anilines is 2. The number of aryl methyl sites for hydroxylation is 3. The summed E-state index contributed by atoms with van der Waals surface area (Å²) in [6.07, 6.45) is 1.87. The predicted octanol–water partition coefficient (Wildman–Crippen LogP) is 2.95. The van der Waals surface area contributed by atoms with Gasteiger partial charge in [-0.1, -0.05) is 6.07 Å². The fourth-order valence-corrected chi connectivity index (χ4v) is 3.12. The lowest BCUT2D eigenvalue weighted by Crippen LogP contribution is -2.22. The maximum atomic E-state index is 12.5. The van der Waals surface area contributed by atoms with Gasteiger partial charge in [0.15, 0.2) is 6.61 Å². The molecule has 1 saturated carbocycles. The predicted molar refractivity (Wildman–Crippen MR) is 115 cm³/mol. The zero-order chi connectivity index (χ0) is 22.0. The topological polar surface area (TPSA) is 111 Å². The van der Waals surface area contributed by atoms with E-state index in [9.17, 15) is 9.59 Å². The first-order valence-electron chi connectivity index (χ1n) is 10.1. The molecular weight excluding hydrogens is 396 g/mol. The monoisotopic (exact) mass is 420 g/mol. The third-order valence-electron chi connectivity index (χ3n) is 4.68. The van der Waals surface area contributed by atoms with Crippen LogP contribution in [0.5, 0.6) is 5.75 Å². The first-order chi connectivity index (χ1) is 14.9. The lowest BCUT2D eigenvalue weighted by atomic mass is 10.3. The number of carbonyl (C=O) groups excluding carboxylic acids is 2. The minimum absolute atomic E-state index is 0.0205. The molecule has 2 N–H and O–H groups in total. The van der Waals surface area contributed by atoms with Crippen molar-refractivity contribution in [1.82, 2.24) is 19.7 Å². The van der Waals surface area contributed by atoms with E-state index in [1.54, 1.807) is 30.3 Å². The van der Waals surface area contributed by atoms with Crippen LogP contribution in [-0.2, 0) is 9.59 Å². The van der Waals surface area contributed by atoms with Gasteiger partial charge < -0.3 is 15.4 Å². The molecular formula is C22H24N6O3. The molecule has 0 saturated heterocycles. The zero-order valence-corrected chi connectivity index (χ0v) is 17.7. The van der Waals surface area contributed by atoms with Gasteiger partial charge in [-0.3, -0.25) is 9.59 Å². The largest absolute Gasteiger partial charge is 0.484 e. The number of ether oxygens (including phenoxy) is 1. The first kappa shape index (κ1) is 20.5. The average Bonchev–Trinajstić information content (AvgIpc) is 3.49. The number of nitrogens with one attached hydrogen (secondary N) is 2. The fraction of sp³-hybridized carbons (Fsp3) is 0.318. The van der Waals surface area contributed by atoms with Crippen molar-refractivity contribution >= 4 is 23.3 Å². The Hall–Kier alpha value is -3.75. The van der Waals surface area contributed by atoms with E-state index in [0.717, 1.165) is 29.9 Å². The molecule has 0 aliphatic heterocycles. The second-order valence-electron chi connectivity index (χ2n) is 7.66. The highest BCUT2D eigenvalue weighted by molar-refractivity contribution is 5.94. The van der Waals surface area contributed by atoms with Crippen LogP contribution >= 0.6 is 0 Å². The number of amides is 2. The van der Waals surface area contributed by atoms with Crippen LogP contribution < -0.4 is 15.4 Å². The van der Waals surface area contributed by atoms with Crippen molar-refractivity contribution in [2.24, 2.45) is 5.92 Å². The second kappa shape index (κ2) is 8.55. The highest BCUT2D eigenvalue weighted by Crippen LogP contribution is 2.30. The number of nitrogens with zero attached hydrogens (tertiary/aromatic N) is 4. The number of benzene rings is 1. The van der Waals surface area contributed by atoms with Crippen molar-refractivity contribution < 1.29 is 14.3 Å². The molecule has 1 fully saturated rings. The Bertz CT molecular complexity index is 1120. The van der Waals surface area contributed by atoms with Gasteiger partial charge in [0.05, 0.1) is 5.69 Å². The molecule has 2 amide bonds. The van der Waals surface area contributed by atoms with Crippen LogP contribution in [0.2, 0.25) is 0 Å². The number of rotatable bonds is 7. The standard InChI is InChI=1S/C22H24N6O3/c1-13-9-14(2)24-22(23-13)28-19(10-15(3)27-28)26-20(29)12-31-18-6-4-5-17(11-18)25-21(30)16-7-8-16/h4-6,9-11,16H,7-8,12H2,1-3H3,(H,25,30)(H,26,29). The second-order valence-corrected chi connectivity index (χ2v) is 7.66. The van der Waals surface area contributed by atoms with E-state index in [2.05, 4.69) is 25.7 Å². The molecule has 160 valence electrons. The SMILES string of the molecule is Cc1cc(C)nc(-n2nc(C)cc2NC(=O)COc2cccc(NC(=O)C3CC3)c2)n1. The minimum Gasteiger partial charge on any atom is -0.484 e. The summed E-state index contributed by atoms with van der Waals surface area (Å²) in [6.45, 7) is 5.38. The quantitative estimate of drug-likeness (QED) is 0.608. The summed E-state index contributed by atoms with van der Waals surface area (Å²) >= 11 is 0. The van der Waals surface area contributed by atoms with Crippen LogP contribution in [0.25, 0.3) is 5.95 Å². The van der Waals surface area contributed by atoms with Gasteiger partial charge in [0, 0.05) is 35.1 Å². The van der Waals surface area contributed by atoms with Gasteiger partial charge in [-0.2, -0.15) is 9.78 Å². The maximum absolute atomic E-state index is 12.5. The summed E-state index contributed by atoms with van der Waals surface area (Å²) in [6, 6.07) is 10.6. The van der Waals surface area contributed by atoms with Gasteiger partial charge in [-0.25, -0.2) is 9.97 Å². The summed E-state index contributed by atoms with van der Waals surface area (Å²) in [5.41, 5.74) is 2.99. The molecule has 0 spiro atoms. The molecule has 2 heterocycles. The molecule has 0 atom stereocenters. The molecule has 1 aromatic carbocycles. The minimum atomic E-state index is -0.349. The third kappa shape index (κ3) is 5.25. The van der Waals surface area contributed by atoms with E-state index in [-0.39, 0.29) is 24.3 Å². The smallest absolute Gasteiger partial charge is 0.263 e. The Morgan fingerprint density at radius 2 is 1.77 bits per heavy atom. The van der Waals surface area contributed by atoms with Crippen LogP contribution in [0.3, 0.4) is 0 Å².